The largest absolute Gasteiger partial charge is 0.459 e. The highest BCUT2D eigenvalue weighted by Crippen LogP contribution is 2.23. The normalized spacial score (nSPS) is 28.1. The van der Waals surface area contributed by atoms with Crippen molar-refractivity contribution < 1.29 is 38.8 Å². The van der Waals surface area contributed by atoms with Gasteiger partial charge in [0.25, 0.3) is 0 Å². The third kappa shape index (κ3) is 5.01. The van der Waals surface area contributed by atoms with Crippen molar-refractivity contribution in [1.82, 2.24) is 5.32 Å². The number of aliphatic hydroxyl groups excluding tert-OH is 2. The molecule has 26 heavy (non-hydrogen) atoms. The van der Waals surface area contributed by atoms with Crippen LogP contribution in [0.1, 0.15) is 24.2 Å². The third-order valence-electron chi connectivity index (χ3n) is 3.75. The summed E-state index contributed by atoms with van der Waals surface area (Å²) in [6.45, 7) is 1.96. The number of esters is 2. The number of nitrogens with one attached hydrogen (secondary N) is 1. The summed E-state index contributed by atoms with van der Waals surface area (Å²) in [7, 11) is 0. The molecular formula is C17H21NO8. The topological polar surface area (TPSA) is 131 Å². The molecule has 1 aliphatic heterocycles. The molecule has 1 fully saturated rings. The Bertz CT molecular complexity index is 649. The van der Waals surface area contributed by atoms with E-state index in [4.69, 9.17) is 14.2 Å². The zero-order valence-corrected chi connectivity index (χ0v) is 14.3. The molecule has 0 saturated carbocycles. The fraction of sp³-hybridized carbons (Fsp3) is 0.471. The molecule has 1 aromatic carbocycles. The van der Waals surface area contributed by atoms with E-state index in [1.165, 1.54) is 6.92 Å². The van der Waals surface area contributed by atoms with E-state index in [1.54, 1.807) is 30.3 Å². The molecule has 9 nitrogen and oxygen atoms in total. The van der Waals surface area contributed by atoms with Gasteiger partial charge in [-0.25, -0.2) is 4.79 Å². The van der Waals surface area contributed by atoms with Gasteiger partial charge in [0.15, 0.2) is 12.4 Å². The number of hydrogen-bond acceptors (Lipinski definition) is 8. The van der Waals surface area contributed by atoms with Crippen LogP contribution in [0.15, 0.2) is 30.3 Å². The second-order valence-electron chi connectivity index (χ2n) is 5.82. The second kappa shape index (κ2) is 8.75. The maximum absolute atomic E-state index is 12.0. The van der Waals surface area contributed by atoms with Crippen LogP contribution in [0.4, 0.5) is 0 Å². The number of amides is 1. The summed E-state index contributed by atoms with van der Waals surface area (Å²) in [5, 5.41) is 22.9. The zero-order chi connectivity index (χ0) is 19.3. The van der Waals surface area contributed by atoms with E-state index in [0.717, 1.165) is 6.92 Å². The summed E-state index contributed by atoms with van der Waals surface area (Å²) >= 11 is 0. The first-order valence-corrected chi connectivity index (χ1v) is 7.97. The number of carbonyl (C=O) groups excluding carboxylic acids is 3. The first-order chi connectivity index (χ1) is 12.3. The fourth-order valence-corrected chi connectivity index (χ4v) is 2.61. The minimum Gasteiger partial charge on any atom is -0.459 e. The highest BCUT2D eigenvalue weighted by atomic mass is 16.6. The van der Waals surface area contributed by atoms with Crippen LogP contribution in [-0.4, -0.2) is 65.3 Å². The minimum absolute atomic E-state index is 0.311. The van der Waals surface area contributed by atoms with Gasteiger partial charge < -0.3 is 29.7 Å². The Morgan fingerprint density at radius 2 is 1.81 bits per heavy atom. The number of rotatable bonds is 5. The Kier molecular flexibility index (Phi) is 6.67. The van der Waals surface area contributed by atoms with Crippen LogP contribution in [0.25, 0.3) is 0 Å². The molecule has 0 unspecified atom stereocenters. The Morgan fingerprint density at radius 3 is 2.38 bits per heavy atom. The van der Waals surface area contributed by atoms with Crippen molar-refractivity contribution in [1.29, 1.82) is 0 Å². The first-order valence-electron chi connectivity index (χ1n) is 7.97. The van der Waals surface area contributed by atoms with Crippen LogP contribution >= 0.6 is 0 Å². The molecule has 142 valence electrons. The van der Waals surface area contributed by atoms with Crippen LogP contribution in [0, 0.1) is 0 Å². The van der Waals surface area contributed by atoms with E-state index in [2.05, 4.69) is 5.32 Å². The number of hydrogen-bond donors (Lipinski definition) is 3. The van der Waals surface area contributed by atoms with Crippen molar-refractivity contribution in [2.45, 2.75) is 44.5 Å². The molecule has 1 aliphatic rings. The molecule has 1 aromatic rings. The predicted molar refractivity (Wildman–Crippen MR) is 86.8 cm³/mol. The molecule has 0 aliphatic carbocycles. The second-order valence-corrected chi connectivity index (χ2v) is 5.82. The number of carbonyl (C=O) groups is 3. The smallest absolute Gasteiger partial charge is 0.338 e. The van der Waals surface area contributed by atoms with Crippen LogP contribution in [-0.2, 0) is 23.8 Å². The van der Waals surface area contributed by atoms with E-state index in [0.29, 0.717) is 5.56 Å². The summed E-state index contributed by atoms with van der Waals surface area (Å²) in [5.41, 5.74) is 0.311. The molecular weight excluding hydrogens is 346 g/mol. The highest BCUT2D eigenvalue weighted by molar-refractivity contribution is 5.89. The molecule has 0 spiro atoms. The summed E-state index contributed by atoms with van der Waals surface area (Å²) < 4.78 is 15.4. The molecule has 0 aromatic heterocycles. The molecule has 5 atom stereocenters. The van der Waals surface area contributed by atoms with Crippen molar-refractivity contribution in [3.63, 3.8) is 0 Å². The van der Waals surface area contributed by atoms with Crippen molar-refractivity contribution >= 4 is 17.8 Å². The van der Waals surface area contributed by atoms with E-state index < -0.39 is 48.5 Å². The number of ether oxygens (including phenoxy) is 3. The van der Waals surface area contributed by atoms with Gasteiger partial charge in [-0.2, -0.15) is 0 Å². The van der Waals surface area contributed by atoms with Gasteiger partial charge in [-0.15, -0.1) is 0 Å². The lowest BCUT2D eigenvalue weighted by molar-refractivity contribution is -0.258. The highest BCUT2D eigenvalue weighted by Gasteiger charge is 2.47. The lowest BCUT2D eigenvalue weighted by Gasteiger charge is -2.42. The summed E-state index contributed by atoms with van der Waals surface area (Å²) in [6.07, 6.45) is -5.40. The molecule has 9 heteroatoms. The monoisotopic (exact) mass is 367 g/mol. The first kappa shape index (κ1) is 19.8. The molecule has 1 heterocycles. The molecule has 2 rings (SSSR count). The maximum Gasteiger partial charge on any atom is 0.338 e. The molecule has 1 amide bonds. The van der Waals surface area contributed by atoms with Crippen LogP contribution in [0.2, 0.25) is 0 Å². The van der Waals surface area contributed by atoms with Gasteiger partial charge in [0.1, 0.15) is 24.9 Å². The van der Waals surface area contributed by atoms with Gasteiger partial charge in [0.2, 0.25) is 5.91 Å². The standard InChI is InChI=1S/C17H21NO8/c1-9(19)18-13-15(25-10(2)20)14(21)12(26-17(13)23)8-24-16(22)11-6-4-3-5-7-11/h3-7,12-15,17,21,23H,8H2,1-2H3,(H,18,19)/t12-,13-,14-,15-,17-/m1/s1. The van der Waals surface area contributed by atoms with Gasteiger partial charge in [-0.05, 0) is 12.1 Å². The van der Waals surface area contributed by atoms with Crippen molar-refractivity contribution in [2.24, 2.45) is 0 Å². The number of benzene rings is 1. The van der Waals surface area contributed by atoms with Gasteiger partial charge in [-0.1, -0.05) is 18.2 Å². The Morgan fingerprint density at radius 1 is 1.15 bits per heavy atom. The van der Waals surface area contributed by atoms with Crippen LogP contribution in [0.3, 0.4) is 0 Å². The zero-order valence-electron chi connectivity index (χ0n) is 14.3. The van der Waals surface area contributed by atoms with E-state index in [-0.39, 0.29) is 6.61 Å². The van der Waals surface area contributed by atoms with E-state index >= 15 is 0 Å². The Labute approximate surface area is 149 Å². The average Bonchev–Trinajstić information content (AvgIpc) is 2.59. The number of aliphatic hydroxyl groups is 2. The van der Waals surface area contributed by atoms with Gasteiger partial charge in [0.05, 0.1) is 5.56 Å². The van der Waals surface area contributed by atoms with Gasteiger partial charge in [-0.3, -0.25) is 9.59 Å². The predicted octanol–water partition coefficient (Wildman–Crippen LogP) is -0.642. The van der Waals surface area contributed by atoms with Gasteiger partial charge in [0, 0.05) is 13.8 Å². The van der Waals surface area contributed by atoms with Crippen LogP contribution < -0.4 is 5.32 Å². The lowest BCUT2D eigenvalue weighted by atomic mass is 9.96. The Balaban J connectivity index is 2.06. The van der Waals surface area contributed by atoms with Crippen molar-refractivity contribution in [3.8, 4) is 0 Å². The quantitative estimate of drug-likeness (QED) is 0.586. The SMILES string of the molecule is CC(=O)N[C@@H]1[C@@H](OC(C)=O)[C@H](O)[C@@H](COC(=O)c2ccccc2)O[C@H]1O. The summed E-state index contributed by atoms with van der Waals surface area (Å²) in [4.78, 5) is 34.6. The lowest BCUT2D eigenvalue weighted by Crippen LogP contribution is -2.65. The molecule has 3 N–H and O–H groups in total. The van der Waals surface area contributed by atoms with E-state index in [9.17, 15) is 24.6 Å². The van der Waals surface area contributed by atoms with E-state index in [1.807, 2.05) is 0 Å². The molecule has 0 bridgehead atoms. The Hall–Kier alpha value is -2.49. The average molecular weight is 367 g/mol. The van der Waals surface area contributed by atoms with Crippen molar-refractivity contribution in [2.75, 3.05) is 6.61 Å². The molecule has 1 saturated heterocycles. The molecule has 0 radical (unpaired) electrons. The van der Waals surface area contributed by atoms with Gasteiger partial charge >= 0.3 is 11.9 Å². The summed E-state index contributed by atoms with van der Waals surface area (Å²) in [5.74, 6) is -1.85. The van der Waals surface area contributed by atoms with Crippen LogP contribution in [0.5, 0.6) is 0 Å². The fourth-order valence-electron chi connectivity index (χ4n) is 2.61. The minimum atomic E-state index is -1.56. The third-order valence-corrected chi connectivity index (χ3v) is 3.75. The summed E-state index contributed by atoms with van der Waals surface area (Å²) in [6, 6.07) is 7.04. The van der Waals surface area contributed by atoms with Crippen molar-refractivity contribution in [3.05, 3.63) is 35.9 Å². The maximum atomic E-state index is 12.0.